The van der Waals surface area contributed by atoms with E-state index in [9.17, 15) is 9.50 Å². The molecule has 0 unspecified atom stereocenters. The summed E-state index contributed by atoms with van der Waals surface area (Å²) < 4.78 is 13.0. The minimum Gasteiger partial charge on any atom is -0.507 e. The molecule has 0 spiro atoms. The standard InChI is InChI=1S/C26H29FO/c1-5-26(4,17-6-7-20(2)3)18-16-22-11-15-25(28)23(19-22)12-8-21-9-13-24(27)14-10-21/h5,7-16,18-19,28H,1,6,17H2,2-4H3/b12-8+,18-16+/t26-/m1/s1. The van der Waals surface area contributed by atoms with Crippen molar-refractivity contribution in [1.82, 2.24) is 0 Å². The molecule has 2 aromatic rings. The maximum atomic E-state index is 13.0. The molecule has 0 fully saturated rings. The van der Waals surface area contributed by atoms with Gasteiger partial charge in [-0.2, -0.15) is 0 Å². The summed E-state index contributed by atoms with van der Waals surface area (Å²) in [6.45, 7) is 10.4. The number of halogens is 1. The smallest absolute Gasteiger partial charge is 0.123 e. The second-order valence-corrected chi connectivity index (χ2v) is 7.57. The lowest BCUT2D eigenvalue weighted by atomic mass is 9.84. The van der Waals surface area contributed by atoms with Crippen molar-refractivity contribution < 1.29 is 9.50 Å². The van der Waals surface area contributed by atoms with Gasteiger partial charge in [0.05, 0.1) is 0 Å². The Morgan fingerprint density at radius 2 is 1.71 bits per heavy atom. The molecule has 0 radical (unpaired) electrons. The highest BCUT2D eigenvalue weighted by Gasteiger charge is 2.15. The fourth-order valence-corrected chi connectivity index (χ4v) is 2.78. The van der Waals surface area contributed by atoms with Crippen molar-refractivity contribution >= 4 is 18.2 Å². The van der Waals surface area contributed by atoms with Crippen molar-refractivity contribution in [3.8, 4) is 5.75 Å². The molecule has 1 nitrogen and oxygen atoms in total. The summed E-state index contributed by atoms with van der Waals surface area (Å²) in [4.78, 5) is 0. The van der Waals surface area contributed by atoms with Gasteiger partial charge in [0.2, 0.25) is 0 Å². The van der Waals surface area contributed by atoms with Crippen LogP contribution >= 0.6 is 0 Å². The third-order valence-electron chi connectivity index (χ3n) is 4.74. The Kier molecular flexibility index (Phi) is 7.57. The molecule has 2 rings (SSSR count). The van der Waals surface area contributed by atoms with Crippen molar-refractivity contribution in [3.05, 3.63) is 95.4 Å². The van der Waals surface area contributed by atoms with Gasteiger partial charge in [0.1, 0.15) is 11.6 Å². The Balaban J connectivity index is 2.16. The minimum absolute atomic E-state index is 0.0893. The summed E-state index contributed by atoms with van der Waals surface area (Å²) in [5, 5.41) is 10.1. The van der Waals surface area contributed by atoms with Crippen LogP contribution in [0.5, 0.6) is 5.75 Å². The average Bonchev–Trinajstić information content (AvgIpc) is 2.67. The fraction of sp³-hybridized carbons (Fsp3) is 0.231. The van der Waals surface area contributed by atoms with Crippen LogP contribution in [0.25, 0.3) is 18.2 Å². The van der Waals surface area contributed by atoms with Crippen molar-refractivity contribution in [3.63, 3.8) is 0 Å². The van der Waals surface area contributed by atoms with E-state index in [4.69, 9.17) is 0 Å². The van der Waals surface area contributed by atoms with Crippen molar-refractivity contribution in [1.29, 1.82) is 0 Å². The number of hydrogen-bond donors (Lipinski definition) is 1. The zero-order valence-electron chi connectivity index (χ0n) is 17.0. The Morgan fingerprint density at radius 3 is 2.36 bits per heavy atom. The van der Waals surface area contributed by atoms with E-state index in [2.05, 4.69) is 45.6 Å². The van der Waals surface area contributed by atoms with Gasteiger partial charge >= 0.3 is 0 Å². The van der Waals surface area contributed by atoms with E-state index in [-0.39, 0.29) is 17.0 Å². The molecule has 0 bridgehead atoms. The molecule has 0 amide bonds. The largest absolute Gasteiger partial charge is 0.507 e. The molecule has 0 aliphatic rings. The highest BCUT2D eigenvalue weighted by molar-refractivity contribution is 5.74. The summed E-state index contributed by atoms with van der Waals surface area (Å²) in [6.07, 6.45) is 14.2. The molecule has 0 aliphatic carbocycles. The molecule has 1 atom stereocenters. The SMILES string of the molecule is C=C[C@@](C)(/C=C/c1ccc(O)c(/C=C/c2ccc(F)cc2)c1)CCC=C(C)C. The van der Waals surface area contributed by atoms with Gasteiger partial charge < -0.3 is 5.11 Å². The molecule has 28 heavy (non-hydrogen) atoms. The average molecular weight is 377 g/mol. The number of allylic oxidation sites excluding steroid dienone is 4. The molecule has 0 saturated carbocycles. The van der Waals surface area contributed by atoms with Crippen LogP contribution < -0.4 is 0 Å². The quantitative estimate of drug-likeness (QED) is 0.370. The van der Waals surface area contributed by atoms with Gasteiger partial charge in [-0.1, -0.05) is 67.2 Å². The molecular formula is C26H29FO. The predicted molar refractivity (Wildman–Crippen MR) is 119 cm³/mol. The zero-order valence-corrected chi connectivity index (χ0v) is 17.0. The van der Waals surface area contributed by atoms with E-state index in [0.29, 0.717) is 0 Å². The lowest BCUT2D eigenvalue weighted by Crippen LogP contribution is -2.08. The zero-order chi connectivity index (χ0) is 20.6. The highest BCUT2D eigenvalue weighted by Crippen LogP contribution is 2.29. The van der Waals surface area contributed by atoms with Gasteiger partial charge in [-0.25, -0.2) is 4.39 Å². The van der Waals surface area contributed by atoms with Gasteiger partial charge in [-0.3, -0.25) is 0 Å². The third kappa shape index (κ3) is 6.70. The number of hydrogen-bond acceptors (Lipinski definition) is 1. The molecule has 0 aliphatic heterocycles. The van der Waals surface area contributed by atoms with Gasteiger partial charge in [0.15, 0.2) is 0 Å². The molecule has 0 heterocycles. The van der Waals surface area contributed by atoms with Crippen LogP contribution in [-0.4, -0.2) is 5.11 Å². The lowest BCUT2D eigenvalue weighted by Gasteiger charge is -2.20. The van der Waals surface area contributed by atoms with Crippen molar-refractivity contribution in [2.75, 3.05) is 0 Å². The molecule has 146 valence electrons. The monoisotopic (exact) mass is 376 g/mol. The Hall–Kier alpha value is -2.87. The topological polar surface area (TPSA) is 20.2 Å². The van der Waals surface area contributed by atoms with E-state index in [0.717, 1.165) is 29.5 Å². The van der Waals surface area contributed by atoms with Crippen molar-refractivity contribution in [2.24, 2.45) is 5.41 Å². The van der Waals surface area contributed by atoms with Gasteiger partial charge in [-0.05, 0) is 62.1 Å². The Bertz CT molecular complexity index is 883. The number of phenols is 1. The molecule has 2 aromatic carbocycles. The summed E-state index contributed by atoms with van der Waals surface area (Å²) >= 11 is 0. The predicted octanol–water partition coefficient (Wildman–Crippen LogP) is 7.65. The van der Waals surface area contributed by atoms with Crippen LogP contribution in [0.15, 0.2) is 72.8 Å². The Morgan fingerprint density at radius 1 is 1.04 bits per heavy atom. The summed E-state index contributed by atoms with van der Waals surface area (Å²) in [6, 6.07) is 11.8. The van der Waals surface area contributed by atoms with Crippen LogP contribution in [0.3, 0.4) is 0 Å². The van der Waals surface area contributed by atoms with Crippen LogP contribution in [-0.2, 0) is 0 Å². The number of aromatic hydroxyl groups is 1. The number of benzene rings is 2. The molecule has 2 heteroatoms. The van der Waals surface area contributed by atoms with Gasteiger partial charge in [0, 0.05) is 11.0 Å². The molecular weight excluding hydrogens is 347 g/mol. The van der Waals surface area contributed by atoms with Crippen LogP contribution in [0.4, 0.5) is 4.39 Å². The van der Waals surface area contributed by atoms with Crippen molar-refractivity contribution in [2.45, 2.75) is 33.6 Å². The van der Waals surface area contributed by atoms with Crippen LogP contribution in [0.1, 0.15) is 50.3 Å². The molecule has 0 saturated heterocycles. The minimum atomic E-state index is -0.262. The van der Waals surface area contributed by atoms with E-state index < -0.39 is 0 Å². The van der Waals surface area contributed by atoms with E-state index in [1.165, 1.54) is 17.7 Å². The van der Waals surface area contributed by atoms with Crippen LogP contribution in [0.2, 0.25) is 0 Å². The Labute approximate surface area is 168 Å². The summed E-state index contributed by atoms with van der Waals surface area (Å²) in [7, 11) is 0. The summed E-state index contributed by atoms with van der Waals surface area (Å²) in [5.41, 5.74) is 3.84. The van der Waals surface area contributed by atoms with Gasteiger partial charge in [-0.15, -0.1) is 6.58 Å². The first-order valence-corrected chi connectivity index (χ1v) is 9.54. The summed E-state index contributed by atoms with van der Waals surface area (Å²) in [5.74, 6) is -0.0486. The van der Waals surface area contributed by atoms with E-state index in [1.54, 1.807) is 18.2 Å². The second-order valence-electron chi connectivity index (χ2n) is 7.57. The maximum absolute atomic E-state index is 13.0. The fourth-order valence-electron chi connectivity index (χ4n) is 2.78. The highest BCUT2D eigenvalue weighted by atomic mass is 19.1. The number of phenolic OH excluding ortho intramolecular Hbond substituents is 1. The first-order chi connectivity index (χ1) is 13.3. The number of rotatable bonds is 8. The molecule has 0 aromatic heterocycles. The lowest BCUT2D eigenvalue weighted by molar-refractivity contribution is 0.474. The van der Waals surface area contributed by atoms with E-state index >= 15 is 0 Å². The third-order valence-corrected chi connectivity index (χ3v) is 4.74. The maximum Gasteiger partial charge on any atom is 0.123 e. The van der Waals surface area contributed by atoms with Crippen LogP contribution in [0, 0.1) is 11.2 Å². The van der Waals surface area contributed by atoms with Gasteiger partial charge in [0.25, 0.3) is 0 Å². The second kappa shape index (κ2) is 9.89. The first-order valence-electron chi connectivity index (χ1n) is 9.54. The molecule has 1 N–H and O–H groups in total. The normalized spacial score (nSPS) is 13.6. The van der Waals surface area contributed by atoms with E-state index in [1.807, 2.05) is 30.4 Å². The first kappa shape index (κ1) is 21.4.